The van der Waals surface area contributed by atoms with Crippen LogP contribution in [0.5, 0.6) is 0 Å². The normalized spacial score (nSPS) is 36.1. The van der Waals surface area contributed by atoms with Gasteiger partial charge in [0, 0.05) is 12.2 Å². The molecule has 0 unspecified atom stereocenters. The molecule has 0 aromatic heterocycles. The lowest BCUT2D eigenvalue weighted by atomic mass is 10.1. The van der Waals surface area contributed by atoms with Gasteiger partial charge in [-0.25, -0.2) is 9.59 Å². The number of rotatable bonds is 3. The van der Waals surface area contributed by atoms with Crippen LogP contribution < -0.4 is 0 Å². The summed E-state index contributed by atoms with van der Waals surface area (Å²) in [5, 5.41) is 17.8. The van der Waals surface area contributed by atoms with Crippen molar-refractivity contribution in [2.24, 2.45) is 0 Å². The van der Waals surface area contributed by atoms with E-state index in [1.807, 2.05) is 0 Å². The number of aliphatic hydroxyl groups excluding tert-OH is 1. The zero-order valence-electron chi connectivity index (χ0n) is 8.81. The minimum Gasteiger partial charge on any atom is -0.478 e. The Kier molecular flexibility index (Phi) is 3.41. The van der Waals surface area contributed by atoms with Gasteiger partial charge < -0.3 is 24.4 Å². The molecule has 17 heavy (non-hydrogen) atoms. The van der Waals surface area contributed by atoms with Gasteiger partial charge in [0.25, 0.3) is 0 Å². The van der Waals surface area contributed by atoms with E-state index in [0.717, 1.165) is 6.08 Å². The molecule has 94 valence electrons. The number of ether oxygens (including phenoxy) is 3. The number of carbonyl (C=O) groups excluding carboxylic acids is 1. The van der Waals surface area contributed by atoms with E-state index in [2.05, 4.69) is 0 Å². The molecular weight excluding hydrogens is 232 g/mol. The second kappa shape index (κ2) is 4.82. The third-order valence-corrected chi connectivity index (χ3v) is 2.61. The first-order valence-corrected chi connectivity index (χ1v) is 5.11. The van der Waals surface area contributed by atoms with E-state index in [9.17, 15) is 14.7 Å². The molecule has 0 spiro atoms. The molecule has 0 aromatic rings. The number of hydrogen-bond donors (Lipinski definition) is 2. The van der Waals surface area contributed by atoms with Gasteiger partial charge in [-0.05, 0) is 0 Å². The van der Waals surface area contributed by atoms with E-state index in [0.29, 0.717) is 6.08 Å². The van der Waals surface area contributed by atoms with Crippen molar-refractivity contribution in [1.82, 2.24) is 0 Å². The lowest BCUT2D eigenvalue weighted by molar-refractivity contribution is -0.148. The number of carbonyl (C=O) groups is 2. The monoisotopic (exact) mass is 244 g/mol. The molecule has 0 amide bonds. The van der Waals surface area contributed by atoms with Crippen LogP contribution in [0.15, 0.2) is 12.2 Å². The smallest absolute Gasteiger partial charge is 0.331 e. The molecule has 4 atom stereocenters. The van der Waals surface area contributed by atoms with Crippen molar-refractivity contribution < 1.29 is 34.0 Å². The number of fused-ring (bicyclic) bond motifs is 1. The van der Waals surface area contributed by atoms with Gasteiger partial charge in [-0.15, -0.1) is 0 Å². The Morgan fingerprint density at radius 2 is 1.88 bits per heavy atom. The number of hydrogen-bond acceptors (Lipinski definition) is 6. The zero-order valence-corrected chi connectivity index (χ0v) is 8.81. The fraction of sp³-hybridized carbons (Fsp3) is 0.600. The number of carboxylic acid groups (broad SMARTS) is 1. The first kappa shape index (κ1) is 12.0. The van der Waals surface area contributed by atoms with Gasteiger partial charge in [-0.3, -0.25) is 0 Å². The fourth-order valence-corrected chi connectivity index (χ4v) is 1.87. The second-order valence-corrected chi connectivity index (χ2v) is 3.81. The van der Waals surface area contributed by atoms with Gasteiger partial charge in [-0.2, -0.15) is 0 Å². The summed E-state index contributed by atoms with van der Waals surface area (Å²) in [6.07, 6.45) is -0.758. The predicted octanol–water partition coefficient (Wildman–Crippen LogP) is -1.30. The molecule has 2 heterocycles. The van der Waals surface area contributed by atoms with Crippen LogP contribution in [-0.2, 0) is 23.8 Å². The number of aliphatic hydroxyl groups is 1. The summed E-state index contributed by atoms with van der Waals surface area (Å²) in [5.74, 6) is -2.00. The van der Waals surface area contributed by atoms with E-state index < -0.39 is 36.4 Å². The van der Waals surface area contributed by atoms with Crippen LogP contribution in [0.1, 0.15) is 0 Å². The van der Waals surface area contributed by atoms with Crippen molar-refractivity contribution in [3.8, 4) is 0 Å². The van der Waals surface area contributed by atoms with Crippen LogP contribution in [-0.4, -0.2) is 59.8 Å². The molecule has 2 aliphatic rings. The highest BCUT2D eigenvalue weighted by atomic mass is 16.6. The highest BCUT2D eigenvalue weighted by Crippen LogP contribution is 2.28. The standard InChI is InChI=1S/C10H12O7/c11-5-3-15-10-6(4-16-9(5)10)17-8(14)2-1-7(12)13/h1-2,5-6,9-11H,3-4H2,(H,12,13)/t5-,6+,9+,10+/m0/s1. The molecule has 2 aliphatic heterocycles. The van der Waals surface area contributed by atoms with Crippen LogP contribution in [0.2, 0.25) is 0 Å². The Morgan fingerprint density at radius 1 is 1.18 bits per heavy atom. The summed E-state index contributed by atoms with van der Waals surface area (Å²) in [6.45, 7) is 0.285. The van der Waals surface area contributed by atoms with E-state index >= 15 is 0 Å². The molecular formula is C10H12O7. The molecule has 2 saturated heterocycles. The Bertz CT molecular complexity index is 351. The highest BCUT2D eigenvalue weighted by molar-refractivity contribution is 5.90. The van der Waals surface area contributed by atoms with Crippen molar-refractivity contribution in [1.29, 1.82) is 0 Å². The van der Waals surface area contributed by atoms with Crippen LogP contribution in [0.3, 0.4) is 0 Å². The van der Waals surface area contributed by atoms with Crippen LogP contribution in [0.25, 0.3) is 0 Å². The van der Waals surface area contributed by atoms with Gasteiger partial charge in [0.2, 0.25) is 0 Å². The fourth-order valence-electron chi connectivity index (χ4n) is 1.87. The van der Waals surface area contributed by atoms with Crippen molar-refractivity contribution in [3.63, 3.8) is 0 Å². The van der Waals surface area contributed by atoms with E-state index in [1.165, 1.54) is 0 Å². The SMILES string of the molecule is O=C(O)C=CC(=O)O[C@@H]1CO[C@H]2[C@@H]1OC[C@@H]2O. The molecule has 0 saturated carbocycles. The van der Waals surface area contributed by atoms with Crippen LogP contribution >= 0.6 is 0 Å². The first-order valence-electron chi connectivity index (χ1n) is 5.11. The van der Waals surface area contributed by atoms with Gasteiger partial charge in [0.15, 0.2) is 6.10 Å². The topological polar surface area (TPSA) is 102 Å². The van der Waals surface area contributed by atoms with Crippen LogP contribution in [0, 0.1) is 0 Å². The minimum atomic E-state index is -1.23. The molecule has 7 heteroatoms. The molecule has 2 fully saturated rings. The average molecular weight is 244 g/mol. The number of aliphatic carboxylic acids is 1. The Hall–Kier alpha value is -1.44. The summed E-state index contributed by atoms with van der Waals surface area (Å²) in [4.78, 5) is 21.4. The third kappa shape index (κ3) is 2.63. The first-order chi connectivity index (χ1) is 8.08. The quantitative estimate of drug-likeness (QED) is 0.469. The lowest BCUT2D eigenvalue weighted by Crippen LogP contribution is -2.33. The maximum Gasteiger partial charge on any atom is 0.331 e. The molecule has 0 aliphatic carbocycles. The predicted molar refractivity (Wildman–Crippen MR) is 52.1 cm³/mol. The maximum atomic E-state index is 11.2. The Morgan fingerprint density at radius 3 is 2.59 bits per heavy atom. The summed E-state index contributed by atoms with van der Waals surface area (Å²) < 4.78 is 15.4. The highest BCUT2D eigenvalue weighted by Gasteiger charge is 2.48. The summed E-state index contributed by atoms with van der Waals surface area (Å²) in [5.41, 5.74) is 0. The summed E-state index contributed by atoms with van der Waals surface area (Å²) in [6, 6.07) is 0. The van der Waals surface area contributed by atoms with Gasteiger partial charge in [-0.1, -0.05) is 0 Å². The maximum absolute atomic E-state index is 11.2. The Balaban J connectivity index is 1.88. The largest absolute Gasteiger partial charge is 0.478 e. The van der Waals surface area contributed by atoms with Crippen LogP contribution in [0.4, 0.5) is 0 Å². The van der Waals surface area contributed by atoms with E-state index in [1.54, 1.807) is 0 Å². The second-order valence-electron chi connectivity index (χ2n) is 3.81. The zero-order chi connectivity index (χ0) is 12.4. The number of esters is 1. The summed E-state index contributed by atoms with van der Waals surface area (Å²) in [7, 11) is 0. The lowest BCUT2D eigenvalue weighted by Gasteiger charge is -2.15. The average Bonchev–Trinajstić information content (AvgIpc) is 2.81. The molecule has 0 bridgehead atoms. The van der Waals surface area contributed by atoms with Crippen molar-refractivity contribution in [3.05, 3.63) is 12.2 Å². The van der Waals surface area contributed by atoms with Gasteiger partial charge in [0.1, 0.15) is 18.3 Å². The molecule has 7 nitrogen and oxygen atoms in total. The number of carboxylic acids is 1. The van der Waals surface area contributed by atoms with E-state index in [-0.39, 0.29) is 13.2 Å². The minimum absolute atomic E-state index is 0.138. The van der Waals surface area contributed by atoms with Crippen molar-refractivity contribution in [2.75, 3.05) is 13.2 Å². The summed E-state index contributed by atoms with van der Waals surface area (Å²) >= 11 is 0. The molecule has 2 rings (SSSR count). The molecule has 2 N–H and O–H groups in total. The van der Waals surface area contributed by atoms with E-state index in [4.69, 9.17) is 19.3 Å². The van der Waals surface area contributed by atoms with Gasteiger partial charge in [0.05, 0.1) is 13.2 Å². The van der Waals surface area contributed by atoms with Crippen molar-refractivity contribution in [2.45, 2.75) is 24.4 Å². The Labute approximate surface area is 96.6 Å². The van der Waals surface area contributed by atoms with Crippen molar-refractivity contribution >= 4 is 11.9 Å². The molecule has 0 aromatic carbocycles. The third-order valence-electron chi connectivity index (χ3n) is 2.61. The van der Waals surface area contributed by atoms with Gasteiger partial charge >= 0.3 is 11.9 Å². The molecule has 0 radical (unpaired) electrons.